The number of benzene rings is 1. The highest BCUT2D eigenvalue weighted by Crippen LogP contribution is 2.50. The van der Waals surface area contributed by atoms with Gasteiger partial charge in [0, 0.05) is 18.7 Å². The zero-order valence-corrected chi connectivity index (χ0v) is 13.1. The molecule has 1 saturated heterocycles. The van der Waals surface area contributed by atoms with Gasteiger partial charge in [-0.05, 0) is 30.9 Å². The number of hydrogen-bond donors (Lipinski definition) is 1. The van der Waals surface area contributed by atoms with Gasteiger partial charge < -0.3 is 5.11 Å². The lowest BCUT2D eigenvalue weighted by atomic mass is 9.81. The third-order valence-electron chi connectivity index (χ3n) is 5.04. The van der Waals surface area contributed by atoms with E-state index in [0.29, 0.717) is 12.8 Å². The van der Waals surface area contributed by atoms with Crippen molar-refractivity contribution in [3.63, 3.8) is 0 Å². The van der Waals surface area contributed by atoms with Crippen LogP contribution in [0.2, 0.25) is 0 Å². The Labute approximate surface area is 133 Å². The molecule has 0 aromatic heterocycles. The quantitative estimate of drug-likeness (QED) is 0.910. The molecule has 0 amide bonds. The van der Waals surface area contributed by atoms with Crippen molar-refractivity contribution in [2.24, 2.45) is 11.3 Å². The van der Waals surface area contributed by atoms with E-state index in [2.05, 4.69) is 0 Å². The zero-order valence-electron chi connectivity index (χ0n) is 12.3. The van der Waals surface area contributed by atoms with Crippen LogP contribution in [0.5, 0.6) is 0 Å². The van der Waals surface area contributed by atoms with E-state index in [1.807, 2.05) is 0 Å². The second kappa shape index (κ2) is 5.52. The maximum atomic E-state index is 12.7. The van der Waals surface area contributed by atoms with Crippen molar-refractivity contribution in [2.75, 3.05) is 13.1 Å². The number of hydrogen-bond acceptors (Lipinski definition) is 3. The average Bonchev–Trinajstić information content (AvgIpc) is 3.05. The lowest BCUT2D eigenvalue weighted by Gasteiger charge is -2.23. The Morgan fingerprint density at radius 1 is 1.30 bits per heavy atom. The molecular weight excluding hydrogens is 328 g/mol. The summed E-state index contributed by atoms with van der Waals surface area (Å²) in [6.07, 6.45) is -0.701. The van der Waals surface area contributed by atoms with Crippen LogP contribution in [0.4, 0.5) is 8.78 Å². The summed E-state index contributed by atoms with van der Waals surface area (Å²) in [5.41, 5.74) is -1.25. The smallest absolute Gasteiger partial charge is 0.311 e. The first kappa shape index (κ1) is 16.3. The molecule has 1 saturated carbocycles. The Hall–Kier alpha value is -1.54. The molecule has 1 aromatic carbocycles. The monoisotopic (exact) mass is 345 g/mol. The van der Waals surface area contributed by atoms with Crippen LogP contribution < -0.4 is 0 Å². The number of rotatable bonds is 4. The number of carbonyl (C=O) groups is 1. The second-order valence-electron chi connectivity index (χ2n) is 6.22. The van der Waals surface area contributed by atoms with Crippen molar-refractivity contribution in [2.45, 2.75) is 30.6 Å². The summed E-state index contributed by atoms with van der Waals surface area (Å²) in [5.74, 6) is -1.14. The molecule has 0 unspecified atom stereocenters. The molecule has 3 rings (SSSR count). The molecule has 0 radical (unpaired) electrons. The normalized spacial score (nSPS) is 28.2. The molecule has 0 spiro atoms. The van der Waals surface area contributed by atoms with Gasteiger partial charge in [-0.1, -0.05) is 18.6 Å². The van der Waals surface area contributed by atoms with E-state index >= 15 is 0 Å². The maximum Gasteiger partial charge on any atom is 0.311 e. The van der Waals surface area contributed by atoms with Gasteiger partial charge in [0.05, 0.1) is 10.3 Å². The molecule has 2 aliphatic rings. The molecular formula is C15H17F2NO4S. The van der Waals surface area contributed by atoms with Crippen molar-refractivity contribution in [1.29, 1.82) is 0 Å². The summed E-state index contributed by atoms with van der Waals surface area (Å²) in [4.78, 5) is 11.5. The molecule has 1 N–H and O–H groups in total. The minimum Gasteiger partial charge on any atom is -0.481 e. The van der Waals surface area contributed by atoms with Crippen LogP contribution in [0.3, 0.4) is 0 Å². The Bertz CT molecular complexity index is 719. The van der Waals surface area contributed by atoms with Crippen LogP contribution in [-0.2, 0) is 14.8 Å². The minimum atomic E-state index is -3.87. The average molecular weight is 345 g/mol. The van der Waals surface area contributed by atoms with Crippen LogP contribution in [0, 0.1) is 11.3 Å². The van der Waals surface area contributed by atoms with Crippen molar-refractivity contribution in [3.8, 4) is 0 Å². The first-order valence-corrected chi connectivity index (χ1v) is 8.83. The number of aliphatic carboxylic acids is 1. The number of alkyl halides is 2. The minimum absolute atomic E-state index is 0.0497. The largest absolute Gasteiger partial charge is 0.481 e. The SMILES string of the molecule is O=C(O)[C@@]12CCC[C@H]1CN(S(=O)(=O)c1ccc(C(F)F)cc1)C2. The van der Waals surface area contributed by atoms with Gasteiger partial charge in [-0.25, -0.2) is 17.2 Å². The predicted octanol–water partition coefficient (Wildman–Crippen LogP) is 2.50. The van der Waals surface area contributed by atoms with Gasteiger partial charge in [0.2, 0.25) is 10.0 Å². The predicted molar refractivity (Wildman–Crippen MR) is 77.6 cm³/mol. The van der Waals surface area contributed by atoms with Crippen molar-refractivity contribution < 1.29 is 27.1 Å². The highest BCUT2D eigenvalue weighted by atomic mass is 32.2. The maximum absolute atomic E-state index is 12.7. The third-order valence-corrected chi connectivity index (χ3v) is 6.86. The van der Waals surface area contributed by atoms with E-state index in [9.17, 15) is 27.1 Å². The van der Waals surface area contributed by atoms with E-state index in [1.165, 1.54) is 4.31 Å². The molecule has 23 heavy (non-hydrogen) atoms. The number of fused-ring (bicyclic) bond motifs is 1. The van der Waals surface area contributed by atoms with Gasteiger partial charge in [0.25, 0.3) is 6.43 Å². The highest BCUT2D eigenvalue weighted by molar-refractivity contribution is 7.89. The summed E-state index contributed by atoms with van der Waals surface area (Å²) < 4.78 is 51.6. The number of sulfonamides is 1. The highest BCUT2D eigenvalue weighted by Gasteiger charge is 2.57. The van der Waals surface area contributed by atoms with E-state index in [0.717, 1.165) is 30.7 Å². The number of halogens is 2. The van der Waals surface area contributed by atoms with Crippen LogP contribution in [0.15, 0.2) is 29.2 Å². The molecule has 8 heteroatoms. The fourth-order valence-electron chi connectivity index (χ4n) is 3.71. The number of carboxylic acids is 1. The molecule has 0 bridgehead atoms. The summed E-state index contributed by atoms with van der Waals surface area (Å²) in [5, 5.41) is 9.52. The van der Waals surface area contributed by atoms with Crippen LogP contribution in [-0.4, -0.2) is 36.9 Å². The van der Waals surface area contributed by atoms with Gasteiger partial charge >= 0.3 is 5.97 Å². The topological polar surface area (TPSA) is 74.7 Å². The molecule has 5 nitrogen and oxygen atoms in total. The van der Waals surface area contributed by atoms with Gasteiger partial charge in [0.1, 0.15) is 0 Å². The molecule has 1 aliphatic heterocycles. The van der Waals surface area contributed by atoms with Crippen LogP contribution in [0.1, 0.15) is 31.3 Å². The van der Waals surface area contributed by atoms with Gasteiger partial charge in [-0.3, -0.25) is 4.79 Å². The number of carboxylic acid groups (broad SMARTS) is 1. The molecule has 1 aromatic rings. The Morgan fingerprint density at radius 3 is 2.48 bits per heavy atom. The third kappa shape index (κ3) is 2.53. The molecule has 2 atom stereocenters. The molecule has 126 valence electrons. The van der Waals surface area contributed by atoms with Gasteiger partial charge in [0.15, 0.2) is 0 Å². The lowest BCUT2D eigenvalue weighted by molar-refractivity contribution is -0.149. The van der Waals surface area contributed by atoms with Crippen molar-refractivity contribution >= 4 is 16.0 Å². The molecule has 1 aliphatic carbocycles. The van der Waals surface area contributed by atoms with Crippen LogP contribution in [0.25, 0.3) is 0 Å². The summed E-state index contributed by atoms with van der Waals surface area (Å²) in [6, 6.07) is 4.47. The first-order valence-electron chi connectivity index (χ1n) is 7.39. The molecule has 2 fully saturated rings. The van der Waals surface area contributed by atoms with Crippen LogP contribution >= 0.6 is 0 Å². The summed E-state index contributed by atoms with van der Waals surface area (Å²) in [6.45, 7) is 0.122. The summed E-state index contributed by atoms with van der Waals surface area (Å²) >= 11 is 0. The Balaban J connectivity index is 1.88. The standard InChI is InChI=1S/C15H17F2NO4S/c16-13(17)10-3-5-12(6-4-10)23(21,22)18-8-11-2-1-7-15(11,9-18)14(19)20/h3-6,11,13H,1-2,7-9H2,(H,19,20)/t11-,15+/m0/s1. The van der Waals surface area contributed by atoms with Gasteiger partial charge in [-0.2, -0.15) is 4.31 Å². The Kier molecular flexibility index (Phi) is 3.92. The fourth-order valence-corrected chi connectivity index (χ4v) is 5.26. The van der Waals surface area contributed by atoms with Gasteiger partial charge in [-0.15, -0.1) is 0 Å². The van der Waals surface area contributed by atoms with E-state index in [4.69, 9.17) is 0 Å². The van der Waals surface area contributed by atoms with Crippen molar-refractivity contribution in [3.05, 3.63) is 29.8 Å². The summed E-state index contributed by atoms with van der Waals surface area (Å²) in [7, 11) is -3.87. The van der Waals surface area contributed by atoms with E-state index in [-0.39, 0.29) is 29.5 Å². The zero-order chi connectivity index (χ0) is 16.8. The molecule has 1 heterocycles. The Morgan fingerprint density at radius 2 is 1.96 bits per heavy atom. The fraction of sp³-hybridized carbons (Fsp3) is 0.533. The second-order valence-corrected chi connectivity index (χ2v) is 8.16. The number of nitrogens with zero attached hydrogens (tertiary/aromatic N) is 1. The van der Waals surface area contributed by atoms with E-state index in [1.54, 1.807) is 0 Å². The van der Waals surface area contributed by atoms with Crippen molar-refractivity contribution in [1.82, 2.24) is 4.31 Å². The first-order chi connectivity index (χ1) is 10.8. The lowest BCUT2D eigenvalue weighted by Crippen LogP contribution is -2.37. The van der Waals surface area contributed by atoms with E-state index < -0.39 is 27.8 Å².